The maximum absolute atomic E-state index is 11.9. The van der Waals surface area contributed by atoms with E-state index in [0.717, 1.165) is 0 Å². The highest BCUT2D eigenvalue weighted by Crippen LogP contribution is 2.37. The molecule has 0 saturated carbocycles. The SMILES string of the molecule is NCc1cc2c(cc1OCCOCC(F)(F)F)OCO2. The van der Waals surface area contributed by atoms with Gasteiger partial charge < -0.3 is 24.7 Å². The second-order valence-electron chi connectivity index (χ2n) is 4.03. The molecule has 2 N–H and O–H groups in total. The van der Waals surface area contributed by atoms with Crippen LogP contribution in [0.2, 0.25) is 0 Å². The number of alkyl halides is 3. The van der Waals surface area contributed by atoms with Crippen molar-refractivity contribution >= 4 is 0 Å². The summed E-state index contributed by atoms with van der Waals surface area (Å²) in [4.78, 5) is 0. The summed E-state index contributed by atoms with van der Waals surface area (Å²) in [6, 6.07) is 3.29. The van der Waals surface area contributed by atoms with Crippen molar-refractivity contribution in [3.05, 3.63) is 17.7 Å². The van der Waals surface area contributed by atoms with E-state index in [1.165, 1.54) is 0 Å². The van der Waals surface area contributed by atoms with Crippen molar-refractivity contribution in [2.75, 3.05) is 26.6 Å². The van der Waals surface area contributed by atoms with Crippen molar-refractivity contribution < 1.29 is 32.1 Å². The van der Waals surface area contributed by atoms with E-state index in [4.69, 9.17) is 19.9 Å². The number of nitrogens with two attached hydrogens (primary N) is 1. The number of fused-ring (bicyclic) bond motifs is 1. The van der Waals surface area contributed by atoms with Gasteiger partial charge in [0.05, 0.1) is 6.61 Å². The summed E-state index contributed by atoms with van der Waals surface area (Å²) in [6.45, 7) is -1.13. The van der Waals surface area contributed by atoms with Crippen molar-refractivity contribution in [2.24, 2.45) is 5.73 Å². The van der Waals surface area contributed by atoms with E-state index in [2.05, 4.69) is 4.74 Å². The number of halogens is 3. The first-order valence-corrected chi connectivity index (χ1v) is 5.89. The minimum atomic E-state index is -4.33. The molecule has 1 heterocycles. The molecule has 112 valence electrons. The Hall–Kier alpha value is -1.67. The molecule has 5 nitrogen and oxygen atoms in total. The number of hydrogen-bond donors (Lipinski definition) is 1. The van der Waals surface area contributed by atoms with Crippen molar-refractivity contribution in [3.63, 3.8) is 0 Å². The predicted molar refractivity (Wildman–Crippen MR) is 62.8 cm³/mol. The van der Waals surface area contributed by atoms with Gasteiger partial charge in [0.2, 0.25) is 6.79 Å². The Labute approximate surface area is 113 Å². The van der Waals surface area contributed by atoms with Crippen LogP contribution in [0.4, 0.5) is 13.2 Å². The van der Waals surface area contributed by atoms with Crippen LogP contribution in [0.25, 0.3) is 0 Å². The van der Waals surface area contributed by atoms with Crippen molar-refractivity contribution in [1.82, 2.24) is 0 Å². The van der Waals surface area contributed by atoms with Gasteiger partial charge in [0, 0.05) is 18.2 Å². The minimum Gasteiger partial charge on any atom is -0.491 e. The van der Waals surface area contributed by atoms with Crippen LogP contribution < -0.4 is 19.9 Å². The lowest BCUT2D eigenvalue weighted by Crippen LogP contribution is -2.19. The number of ether oxygens (including phenoxy) is 4. The molecular weight excluding hydrogens is 279 g/mol. The van der Waals surface area contributed by atoms with Crippen LogP contribution in [0.15, 0.2) is 12.1 Å². The Bertz CT molecular complexity index is 465. The molecule has 0 aromatic heterocycles. The monoisotopic (exact) mass is 293 g/mol. The predicted octanol–water partition coefficient (Wildman–Crippen LogP) is 1.83. The number of benzene rings is 1. The van der Waals surface area contributed by atoms with Gasteiger partial charge in [-0.25, -0.2) is 0 Å². The molecule has 1 aromatic carbocycles. The molecule has 0 unspecified atom stereocenters. The summed E-state index contributed by atoms with van der Waals surface area (Å²) in [5.41, 5.74) is 6.26. The summed E-state index contributed by atoms with van der Waals surface area (Å²) < 4.78 is 55.8. The molecule has 8 heteroatoms. The van der Waals surface area contributed by atoms with Crippen molar-refractivity contribution in [2.45, 2.75) is 12.7 Å². The fourth-order valence-electron chi connectivity index (χ4n) is 1.66. The lowest BCUT2D eigenvalue weighted by atomic mass is 10.2. The van der Waals surface area contributed by atoms with Gasteiger partial charge in [-0.05, 0) is 6.07 Å². The zero-order valence-corrected chi connectivity index (χ0v) is 10.5. The average Bonchev–Trinajstić information content (AvgIpc) is 2.83. The highest BCUT2D eigenvalue weighted by molar-refractivity contribution is 5.51. The van der Waals surface area contributed by atoms with Gasteiger partial charge in [-0.2, -0.15) is 13.2 Å². The van der Waals surface area contributed by atoms with Crippen molar-refractivity contribution in [1.29, 1.82) is 0 Å². The second-order valence-corrected chi connectivity index (χ2v) is 4.03. The van der Waals surface area contributed by atoms with Gasteiger partial charge in [-0.3, -0.25) is 0 Å². The van der Waals surface area contributed by atoms with E-state index in [1.54, 1.807) is 12.1 Å². The fraction of sp³-hybridized carbons (Fsp3) is 0.500. The standard InChI is InChI=1S/C12H14F3NO4/c13-12(14,15)6-17-1-2-18-9-4-11-10(19-7-20-11)3-8(9)5-16/h3-4H,1-2,5-7,16H2. The first kappa shape index (κ1) is 14.7. The topological polar surface area (TPSA) is 62.9 Å². The molecule has 0 spiro atoms. The molecule has 1 aromatic rings. The van der Waals surface area contributed by atoms with Crippen LogP contribution >= 0.6 is 0 Å². The molecule has 0 saturated heterocycles. The molecule has 0 radical (unpaired) electrons. The molecule has 1 aliphatic rings. The molecule has 0 fully saturated rings. The molecule has 0 atom stereocenters. The van der Waals surface area contributed by atoms with E-state index in [-0.39, 0.29) is 26.6 Å². The van der Waals surface area contributed by atoms with Crippen LogP contribution in [0, 0.1) is 0 Å². The molecular formula is C12H14F3NO4. The maximum atomic E-state index is 11.9. The number of rotatable bonds is 6. The third-order valence-corrected chi connectivity index (χ3v) is 2.53. The number of hydrogen-bond acceptors (Lipinski definition) is 5. The Morgan fingerprint density at radius 2 is 1.85 bits per heavy atom. The lowest BCUT2D eigenvalue weighted by Gasteiger charge is -2.12. The van der Waals surface area contributed by atoms with Gasteiger partial charge >= 0.3 is 6.18 Å². The van der Waals surface area contributed by atoms with E-state index >= 15 is 0 Å². The summed E-state index contributed by atoms with van der Waals surface area (Å²) in [5.74, 6) is 1.55. The van der Waals surface area contributed by atoms with E-state index in [9.17, 15) is 13.2 Å². The molecule has 0 aliphatic carbocycles. The zero-order chi connectivity index (χ0) is 14.6. The molecule has 0 bridgehead atoms. The zero-order valence-electron chi connectivity index (χ0n) is 10.5. The highest BCUT2D eigenvalue weighted by atomic mass is 19.4. The lowest BCUT2D eigenvalue weighted by molar-refractivity contribution is -0.175. The van der Waals surface area contributed by atoms with E-state index in [0.29, 0.717) is 22.8 Å². The smallest absolute Gasteiger partial charge is 0.411 e. The minimum absolute atomic E-state index is 0.0112. The first-order valence-electron chi connectivity index (χ1n) is 5.89. The Kier molecular flexibility index (Phi) is 4.56. The van der Waals surface area contributed by atoms with Crippen LogP contribution in [0.1, 0.15) is 5.56 Å². The van der Waals surface area contributed by atoms with Gasteiger partial charge in [0.25, 0.3) is 0 Å². The largest absolute Gasteiger partial charge is 0.491 e. The normalized spacial score (nSPS) is 13.6. The van der Waals surface area contributed by atoms with Crippen LogP contribution in [-0.2, 0) is 11.3 Å². The highest BCUT2D eigenvalue weighted by Gasteiger charge is 2.27. The van der Waals surface area contributed by atoms with Gasteiger partial charge in [-0.15, -0.1) is 0 Å². The third-order valence-electron chi connectivity index (χ3n) is 2.53. The molecule has 0 amide bonds. The van der Waals surface area contributed by atoms with E-state index < -0.39 is 12.8 Å². The Morgan fingerprint density at radius 3 is 2.50 bits per heavy atom. The molecule has 20 heavy (non-hydrogen) atoms. The van der Waals surface area contributed by atoms with Gasteiger partial charge in [-0.1, -0.05) is 0 Å². The molecule has 1 aliphatic heterocycles. The van der Waals surface area contributed by atoms with E-state index in [1.807, 2.05) is 0 Å². The fourth-order valence-corrected chi connectivity index (χ4v) is 1.66. The van der Waals surface area contributed by atoms with Crippen LogP contribution in [-0.4, -0.2) is 32.8 Å². The van der Waals surface area contributed by atoms with Crippen LogP contribution in [0.5, 0.6) is 17.2 Å². The van der Waals surface area contributed by atoms with Crippen molar-refractivity contribution in [3.8, 4) is 17.2 Å². The summed E-state index contributed by atoms with van der Waals surface area (Å²) >= 11 is 0. The van der Waals surface area contributed by atoms with Gasteiger partial charge in [0.1, 0.15) is 19.0 Å². The summed E-state index contributed by atoms with van der Waals surface area (Å²) in [5, 5.41) is 0. The van der Waals surface area contributed by atoms with Crippen LogP contribution in [0.3, 0.4) is 0 Å². The van der Waals surface area contributed by atoms with Gasteiger partial charge in [0.15, 0.2) is 11.5 Å². The summed E-state index contributed by atoms with van der Waals surface area (Å²) in [7, 11) is 0. The summed E-state index contributed by atoms with van der Waals surface area (Å²) in [6.07, 6.45) is -4.33. The Morgan fingerprint density at radius 1 is 1.15 bits per heavy atom. The average molecular weight is 293 g/mol. The quantitative estimate of drug-likeness (QED) is 0.811. The Balaban J connectivity index is 1.86. The maximum Gasteiger partial charge on any atom is 0.411 e. The second kappa shape index (κ2) is 6.19. The first-order chi connectivity index (χ1) is 9.49. The third kappa shape index (κ3) is 3.91. The molecule has 2 rings (SSSR count).